The van der Waals surface area contributed by atoms with Gasteiger partial charge < -0.3 is 30.2 Å². The second-order valence-corrected chi connectivity index (χ2v) is 11.3. The number of carbonyl (C=O) groups is 3. The van der Waals surface area contributed by atoms with Gasteiger partial charge in [-0.2, -0.15) is 0 Å². The van der Waals surface area contributed by atoms with E-state index in [-0.39, 0.29) is 30.8 Å². The van der Waals surface area contributed by atoms with E-state index in [0.717, 1.165) is 11.1 Å². The number of methoxy groups -OCH3 is 1. The van der Waals surface area contributed by atoms with Crippen molar-refractivity contribution < 1.29 is 33.4 Å². The first-order chi connectivity index (χ1) is 20.6. The number of nitrogens with one attached hydrogen (secondary N) is 3. The van der Waals surface area contributed by atoms with Crippen LogP contribution in [0, 0.1) is 0 Å². The van der Waals surface area contributed by atoms with Gasteiger partial charge in [-0.1, -0.05) is 42.5 Å². The van der Waals surface area contributed by atoms with Gasteiger partial charge in [-0.25, -0.2) is 0 Å². The molecule has 0 spiro atoms. The maximum Gasteiger partial charge on any atom is 0.349 e. The van der Waals surface area contributed by atoms with E-state index >= 15 is 0 Å². The van der Waals surface area contributed by atoms with Crippen molar-refractivity contribution in [3.8, 4) is 5.75 Å². The summed E-state index contributed by atoms with van der Waals surface area (Å²) in [5.74, 6) is -0.562. The molecule has 0 radical (unpaired) electrons. The van der Waals surface area contributed by atoms with Gasteiger partial charge in [-0.05, 0) is 44.0 Å². The lowest BCUT2D eigenvalue weighted by Gasteiger charge is -2.27. The zero-order chi connectivity index (χ0) is 31.0. The topological polar surface area (TPSA) is 143 Å². The van der Waals surface area contributed by atoms with E-state index in [1.807, 2.05) is 54.3 Å². The van der Waals surface area contributed by atoms with E-state index in [9.17, 15) is 19.2 Å². The van der Waals surface area contributed by atoms with Crippen molar-refractivity contribution >= 4 is 23.5 Å². The van der Waals surface area contributed by atoms with Gasteiger partial charge in [0.25, 0.3) is 0 Å². The van der Waals surface area contributed by atoms with E-state index in [1.165, 1.54) is 0 Å². The van der Waals surface area contributed by atoms with E-state index in [1.54, 1.807) is 33.1 Å². The van der Waals surface area contributed by atoms with Crippen molar-refractivity contribution in [1.29, 1.82) is 0 Å². The second-order valence-electron chi connectivity index (χ2n) is 11.3. The van der Waals surface area contributed by atoms with Gasteiger partial charge in [0.05, 0.1) is 33.0 Å². The number of ketones is 1. The average Bonchev–Trinajstić information content (AvgIpc) is 3.63. The number of nitrogens with zero attached hydrogens (tertiary/aromatic N) is 1. The Bertz CT molecular complexity index is 1270. The van der Waals surface area contributed by atoms with Gasteiger partial charge in [-0.3, -0.25) is 24.1 Å². The molecule has 2 aromatic carbocycles. The van der Waals surface area contributed by atoms with E-state index in [4.69, 9.17) is 14.2 Å². The molecule has 0 saturated carbocycles. The number of carbonyl (C=O) groups excluding carboxylic acids is 4. The molecule has 11 nitrogen and oxygen atoms in total. The zero-order valence-corrected chi connectivity index (χ0v) is 25.3. The predicted molar refractivity (Wildman–Crippen MR) is 161 cm³/mol. The molecule has 43 heavy (non-hydrogen) atoms. The largest absolute Gasteiger partial charge is 0.497 e. The molecule has 0 bridgehead atoms. The molecule has 0 unspecified atom stereocenters. The first-order valence-corrected chi connectivity index (χ1v) is 14.7. The van der Waals surface area contributed by atoms with Crippen LogP contribution in [0.25, 0.3) is 0 Å². The lowest BCUT2D eigenvalue weighted by molar-refractivity contribution is -0.132. The lowest BCUT2D eigenvalue weighted by Crippen LogP contribution is -2.57. The van der Waals surface area contributed by atoms with Gasteiger partial charge in [0.15, 0.2) is 0 Å². The molecule has 3 amide bonds. The molecule has 2 aromatic rings. The molecule has 2 aliphatic heterocycles. The molecule has 5 atom stereocenters. The normalized spacial score (nSPS) is 22.0. The van der Waals surface area contributed by atoms with Gasteiger partial charge in [0.1, 0.15) is 23.9 Å². The molecule has 2 saturated heterocycles. The number of amides is 3. The number of hydrogen-bond acceptors (Lipinski definition) is 7. The Kier molecular flexibility index (Phi) is 10.9. The van der Waals surface area contributed by atoms with Crippen LogP contribution in [-0.4, -0.2) is 103 Å². The Balaban J connectivity index is 1.48. The highest BCUT2D eigenvalue weighted by Crippen LogP contribution is 2.37. The third-order valence-corrected chi connectivity index (χ3v) is 8.05. The lowest BCUT2D eigenvalue weighted by atomic mass is 9.92. The summed E-state index contributed by atoms with van der Waals surface area (Å²) < 4.78 is 16.2. The van der Waals surface area contributed by atoms with Crippen LogP contribution in [0.2, 0.25) is 0 Å². The number of rotatable bonds is 14. The molecular formula is C32H43N4O7+. The van der Waals surface area contributed by atoms with Crippen LogP contribution in [-0.2, 0) is 36.7 Å². The van der Waals surface area contributed by atoms with Gasteiger partial charge in [0, 0.05) is 25.9 Å². The predicted octanol–water partition coefficient (Wildman–Crippen LogP) is 1.01. The summed E-state index contributed by atoms with van der Waals surface area (Å²) in [5.41, 5.74) is 0.841. The van der Waals surface area contributed by atoms with E-state index < -0.39 is 35.5 Å². The smallest absolute Gasteiger partial charge is 0.349 e. The van der Waals surface area contributed by atoms with Crippen molar-refractivity contribution in [1.82, 2.24) is 20.9 Å². The standard InChI is InChI=1S/C32H42N4O7/c1-21(33-28(37)20-36-14-16-42-17-15-36)30(39)35-27(19-24-10-12-25(41-4)13-11-24)31(40)34-26(18-23-8-6-5-7-9-23)29(38)32(3)22(2)43-32/h5-13,21-22,26-27H,14-20H2,1-4H3,(H,33,37)(H,34,40)(H,35,39)/p+1/t21-,22-,26-,27-,32+/m0/s1. The Morgan fingerprint density at radius 1 is 0.953 bits per heavy atom. The minimum absolute atomic E-state index is 0.0236. The number of epoxide rings is 1. The quantitative estimate of drug-likeness (QED) is 0.219. The van der Waals surface area contributed by atoms with Crippen LogP contribution < -0.4 is 20.7 Å². The summed E-state index contributed by atoms with van der Waals surface area (Å²) in [6.07, 6.45) is 0.319. The SMILES string of the molecule is COc1ccc(C[C@H](NC(=O)[C@H](C)NC(=O)CN2CCOCC2)C(=O)N[C@@H](Cc2ccccc2)C(=[OH+])[C@]2(C)O[C@H]2C)cc1. The fourth-order valence-electron chi connectivity index (χ4n) is 5.10. The van der Waals surface area contributed by atoms with Crippen LogP contribution in [0.5, 0.6) is 5.75 Å². The summed E-state index contributed by atoms with van der Waals surface area (Å²) in [7, 11) is 1.57. The van der Waals surface area contributed by atoms with E-state index in [2.05, 4.69) is 16.0 Å². The van der Waals surface area contributed by atoms with Gasteiger partial charge >= 0.3 is 5.78 Å². The van der Waals surface area contributed by atoms with Crippen LogP contribution in [0.4, 0.5) is 0 Å². The van der Waals surface area contributed by atoms with Crippen molar-refractivity contribution in [3.05, 3.63) is 65.7 Å². The summed E-state index contributed by atoms with van der Waals surface area (Å²) in [4.78, 5) is 52.9. The van der Waals surface area contributed by atoms with Crippen molar-refractivity contribution in [3.63, 3.8) is 0 Å². The number of benzene rings is 2. The van der Waals surface area contributed by atoms with Crippen LogP contribution in [0.3, 0.4) is 0 Å². The summed E-state index contributed by atoms with van der Waals surface area (Å²) >= 11 is 0. The highest BCUT2D eigenvalue weighted by Gasteiger charge is 2.62. The van der Waals surface area contributed by atoms with Crippen molar-refractivity contribution in [2.75, 3.05) is 40.0 Å². The molecular weight excluding hydrogens is 552 g/mol. The first kappa shape index (κ1) is 32.1. The Morgan fingerprint density at radius 2 is 1.53 bits per heavy atom. The molecule has 2 aliphatic rings. The molecule has 0 aliphatic carbocycles. The molecule has 4 N–H and O–H groups in total. The highest BCUT2D eigenvalue weighted by molar-refractivity contribution is 5.99. The van der Waals surface area contributed by atoms with Crippen LogP contribution >= 0.6 is 0 Å². The minimum atomic E-state index is -0.990. The van der Waals surface area contributed by atoms with Crippen LogP contribution in [0.1, 0.15) is 31.9 Å². The number of morpholine rings is 1. The highest BCUT2D eigenvalue weighted by atomic mass is 16.6. The molecule has 2 heterocycles. The fraction of sp³-hybridized carbons (Fsp3) is 0.500. The second kappa shape index (κ2) is 14.6. The van der Waals surface area contributed by atoms with Crippen LogP contribution in [0.15, 0.2) is 54.6 Å². The first-order valence-electron chi connectivity index (χ1n) is 14.7. The zero-order valence-electron chi connectivity index (χ0n) is 25.3. The Morgan fingerprint density at radius 3 is 2.14 bits per heavy atom. The average molecular weight is 596 g/mol. The Labute approximate surface area is 252 Å². The summed E-state index contributed by atoms with van der Waals surface area (Å²) in [6, 6.07) is 14.1. The van der Waals surface area contributed by atoms with Crippen molar-refractivity contribution in [2.24, 2.45) is 0 Å². The molecule has 11 heteroatoms. The molecule has 232 valence electrons. The third-order valence-electron chi connectivity index (χ3n) is 8.05. The molecule has 0 aromatic heterocycles. The monoisotopic (exact) mass is 595 g/mol. The van der Waals surface area contributed by atoms with Gasteiger partial charge in [0.2, 0.25) is 23.3 Å². The van der Waals surface area contributed by atoms with Crippen molar-refractivity contribution in [2.45, 2.75) is 63.4 Å². The van der Waals surface area contributed by atoms with E-state index in [0.29, 0.717) is 38.5 Å². The fourth-order valence-corrected chi connectivity index (χ4v) is 5.10. The maximum absolute atomic E-state index is 13.8. The molecule has 2 fully saturated rings. The Hall–Kier alpha value is -3.80. The summed E-state index contributed by atoms with van der Waals surface area (Å²) in [6.45, 7) is 7.81. The molecule has 4 rings (SSSR count). The number of ether oxygens (including phenoxy) is 3. The third kappa shape index (κ3) is 8.85. The maximum atomic E-state index is 13.8. The number of hydrogen-bond donors (Lipinski definition) is 3. The minimum Gasteiger partial charge on any atom is -0.497 e. The van der Waals surface area contributed by atoms with Gasteiger partial charge in [-0.15, -0.1) is 0 Å². The summed E-state index contributed by atoms with van der Waals surface area (Å²) in [5, 5.41) is 8.52.